The average Bonchev–Trinajstić information content (AvgIpc) is 1.60. The number of aliphatic hydroxyl groups is 3. The van der Waals surface area contributed by atoms with Crippen molar-refractivity contribution in [2.75, 3.05) is 0 Å². The first kappa shape index (κ1) is 9.35. The molecule has 0 radical (unpaired) electrons. The van der Waals surface area contributed by atoms with Crippen LogP contribution < -0.4 is 0 Å². The summed E-state index contributed by atoms with van der Waals surface area (Å²) in [5, 5.41) is 34.0. The summed E-state index contributed by atoms with van der Waals surface area (Å²) >= 11 is 0. The van der Waals surface area contributed by atoms with E-state index >= 15 is 0 Å². The van der Waals surface area contributed by atoms with Gasteiger partial charge in [0.05, 0.1) is 0 Å². The van der Waals surface area contributed by atoms with Gasteiger partial charge in [-0.2, -0.15) is 0 Å². The lowest BCUT2D eigenvalue weighted by molar-refractivity contribution is -0.225. The summed E-state index contributed by atoms with van der Waals surface area (Å²) in [5.74, 6) is -3.89. The van der Waals surface area contributed by atoms with Gasteiger partial charge in [0.25, 0.3) is 0 Å². The lowest BCUT2D eigenvalue weighted by atomic mass is 10.1. The van der Waals surface area contributed by atoms with Gasteiger partial charge < -0.3 is 20.4 Å². The number of aliphatic hydroxyl groups excluding tert-OH is 1. The van der Waals surface area contributed by atoms with E-state index in [-0.39, 0.29) is 0 Å². The number of hydrogen-bond acceptors (Lipinski definition) is 4. The first-order chi connectivity index (χ1) is 4.36. The van der Waals surface area contributed by atoms with Crippen LogP contribution in [0.3, 0.4) is 0 Å². The molecule has 1 unspecified atom stereocenters. The minimum Gasteiger partial charge on any atom is -0.481 e. The molecule has 0 aliphatic rings. The molecule has 0 aromatic heterocycles. The number of carboxylic acid groups (broad SMARTS) is 1. The molecule has 0 aromatic carbocycles. The molecule has 0 aromatic rings. The van der Waals surface area contributed by atoms with E-state index in [1.165, 1.54) is 0 Å². The standard InChI is InChI=1S/C5H10O5/c1-3(6)5(9,10)2-4(7)8/h3,6,9-10H,2H2,1H3,(H,7,8). The second-order valence-corrected chi connectivity index (χ2v) is 2.13. The maximum Gasteiger partial charge on any atom is 0.308 e. The Morgan fingerprint density at radius 2 is 2.00 bits per heavy atom. The van der Waals surface area contributed by atoms with Gasteiger partial charge in [0.1, 0.15) is 12.5 Å². The third-order valence-electron chi connectivity index (χ3n) is 1.08. The fourth-order valence-corrected chi connectivity index (χ4v) is 0.370. The SMILES string of the molecule is CC(O)C(O)(O)CC(=O)O. The Balaban J connectivity index is 3.99. The summed E-state index contributed by atoms with van der Waals surface area (Å²) in [6.07, 6.45) is -2.35. The quantitative estimate of drug-likeness (QED) is 0.368. The molecule has 0 spiro atoms. The van der Waals surface area contributed by atoms with Gasteiger partial charge in [-0.05, 0) is 6.92 Å². The van der Waals surface area contributed by atoms with Crippen LogP contribution in [0.2, 0.25) is 0 Å². The smallest absolute Gasteiger partial charge is 0.308 e. The van der Waals surface area contributed by atoms with Crippen molar-refractivity contribution < 1.29 is 25.2 Å². The molecule has 4 N–H and O–H groups in total. The van der Waals surface area contributed by atoms with Crippen molar-refractivity contribution in [3.05, 3.63) is 0 Å². The van der Waals surface area contributed by atoms with Crippen LogP contribution in [0, 0.1) is 0 Å². The van der Waals surface area contributed by atoms with Crippen LogP contribution in [0.1, 0.15) is 13.3 Å². The third kappa shape index (κ3) is 2.77. The van der Waals surface area contributed by atoms with E-state index < -0.39 is 24.3 Å². The van der Waals surface area contributed by atoms with Crippen molar-refractivity contribution in [2.45, 2.75) is 25.2 Å². The third-order valence-corrected chi connectivity index (χ3v) is 1.08. The lowest BCUT2D eigenvalue weighted by Crippen LogP contribution is -2.42. The minimum absolute atomic E-state index is 0.884. The van der Waals surface area contributed by atoms with E-state index in [0.29, 0.717) is 0 Å². The maximum absolute atomic E-state index is 9.89. The molecule has 10 heavy (non-hydrogen) atoms. The largest absolute Gasteiger partial charge is 0.481 e. The van der Waals surface area contributed by atoms with Crippen molar-refractivity contribution >= 4 is 5.97 Å². The highest BCUT2D eigenvalue weighted by Crippen LogP contribution is 2.10. The lowest BCUT2D eigenvalue weighted by Gasteiger charge is -2.22. The van der Waals surface area contributed by atoms with Gasteiger partial charge in [0, 0.05) is 0 Å². The zero-order chi connectivity index (χ0) is 8.36. The summed E-state index contributed by atoms with van der Waals surface area (Å²) in [5.41, 5.74) is 0. The van der Waals surface area contributed by atoms with Crippen LogP contribution in [0.25, 0.3) is 0 Å². The molecule has 5 heteroatoms. The summed E-state index contributed by atoms with van der Waals surface area (Å²) in [6, 6.07) is 0. The normalized spacial score (nSPS) is 14.8. The van der Waals surface area contributed by atoms with Crippen LogP contribution in [-0.2, 0) is 4.79 Å². The van der Waals surface area contributed by atoms with Gasteiger partial charge in [-0.1, -0.05) is 0 Å². The Morgan fingerprint density at radius 1 is 1.60 bits per heavy atom. The van der Waals surface area contributed by atoms with Gasteiger partial charge in [-0.3, -0.25) is 4.79 Å². The van der Waals surface area contributed by atoms with E-state index in [4.69, 9.17) is 20.4 Å². The molecule has 0 saturated carbocycles. The Kier molecular flexibility index (Phi) is 2.77. The molecule has 0 saturated heterocycles. The Bertz CT molecular complexity index is 128. The van der Waals surface area contributed by atoms with Crippen molar-refractivity contribution in [1.29, 1.82) is 0 Å². The van der Waals surface area contributed by atoms with E-state index in [9.17, 15) is 4.79 Å². The topological polar surface area (TPSA) is 98.0 Å². The van der Waals surface area contributed by atoms with E-state index in [1.54, 1.807) is 0 Å². The average molecular weight is 150 g/mol. The van der Waals surface area contributed by atoms with Crippen LogP contribution in [0.4, 0.5) is 0 Å². The van der Waals surface area contributed by atoms with E-state index in [2.05, 4.69) is 0 Å². The van der Waals surface area contributed by atoms with E-state index in [1.807, 2.05) is 0 Å². The fraction of sp³-hybridized carbons (Fsp3) is 0.800. The predicted octanol–water partition coefficient (Wildman–Crippen LogP) is -1.48. The molecular formula is C5H10O5. The molecule has 0 aliphatic carbocycles. The Morgan fingerprint density at radius 3 is 2.10 bits per heavy atom. The van der Waals surface area contributed by atoms with Crippen LogP contribution >= 0.6 is 0 Å². The van der Waals surface area contributed by atoms with Crippen LogP contribution in [0.5, 0.6) is 0 Å². The molecule has 5 nitrogen and oxygen atoms in total. The second-order valence-electron chi connectivity index (χ2n) is 2.13. The van der Waals surface area contributed by atoms with Gasteiger partial charge in [-0.15, -0.1) is 0 Å². The molecule has 0 rings (SSSR count). The number of hydrogen-bond donors (Lipinski definition) is 4. The van der Waals surface area contributed by atoms with Gasteiger partial charge in [0.15, 0.2) is 5.79 Å². The molecule has 60 valence electrons. The van der Waals surface area contributed by atoms with Crippen molar-refractivity contribution in [3.8, 4) is 0 Å². The molecule has 0 bridgehead atoms. The fourth-order valence-electron chi connectivity index (χ4n) is 0.370. The van der Waals surface area contributed by atoms with Gasteiger partial charge in [0.2, 0.25) is 0 Å². The second kappa shape index (κ2) is 2.96. The predicted molar refractivity (Wildman–Crippen MR) is 31.1 cm³/mol. The molecule has 0 heterocycles. The number of carbonyl (C=O) groups is 1. The summed E-state index contributed by atoms with van der Waals surface area (Å²) in [6.45, 7) is 1.10. The van der Waals surface area contributed by atoms with Crippen LogP contribution in [-0.4, -0.2) is 38.3 Å². The van der Waals surface area contributed by atoms with Crippen molar-refractivity contribution in [2.24, 2.45) is 0 Å². The number of carboxylic acids is 1. The Hall–Kier alpha value is -0.650. The highest BCUT2D eigenvalue weighted by molar-refractivity contribution is 5.67. The number of rotatable bonds is 3. The first-order valence-electron chi connectivity index (χ1n) is 2.71. The summed E-state index contributed by atoms with van der Waals surface area (Å²) < 4.78 is 0. The maximum atomic E-state index is 9.89. The van der Waals surface area contributed by atoms with Gasteiger partial charge in [-0.25, -0.2) is 0 Å². The minimum atomic E-state index is -2.52. The highest BCUT2D eigenvalue weighted by atomic mass is 16.5. The molecule has 0 fully saturated rings. The zero-order valence-corrected chi connectivity index (χ0v) is 5.48. The molecular weight excluding hydrogens is 140 g/mol. The molecule has 1 atom stereocenters. The summed E-state index contributed by atoms with van der Waals surface area (Å²) in [7, 11) is 0. The van der Waals surface area contributed by atoms with Gasteiger partial charge >= 0.3 is 5.97 Å². The first-order valence-corrected chi connectivity index (χ1v) is 2.71. The zero-order valence-electron chi connectivity index (χ0n) is 5.48. The monoisotopic (exact) mass is 150 g/mol. The van der Waals surface area contributed by atoms with Crippen LogP contribution in [0.15, 0.2) is 0 Å². The van der Waals surface area contributed by atoms with Crippen molar-refractivity contribution in [1.82, 2.24) is 0 Å². The Labute approximate surface area is 57.5 Å². The molecule has 0 amide bonds. The van der Waals surface area contributed by atoms with E-state index in [0.717, 1.165) is 6.92 Å². The highest BCUT2D eigenvalue weighted by Gasteiger charge is 2.32. The van der Waals surface area contributed by atoms with Crippen molar-refractivity contribution in [3.63, 3.8) is 0 Å². The summed E-state index contributed by atoms with van der Waals surface area (Å²) in [4.78, 5) is 9.89. The molecule has 0 aliphatic heterocycles. The number of aliphatic carboxylic acids is 1.